The standard InChI is InChI=1S/C17H22BFN2O4/c1-11(2)24-18(25-12(3)4)14-7-5-13(6-8-14)9-21-10-15(19)16(22)20-17(21)23/h5-8,10-12H,9H2,1-4H3,(H,20,22,23). The minimum atomic E-state index is -1.02. The van der Waals surface area contributed by atoms with Crippen molar-refractivity contribution < 1.29 is 13.7 Å². The van der Waals surface area contributed by atoms with Crippen molar-refractivity contribution in [3.05, 3.63) is 62.7 Å². The lowest BCUT2D eigenvalue weighted by molar-refractivity contribution is 0.139. The van der Waals surface area contributed by atoms with Crippen LogP contribution in [0.4, 0.5) is 4.39 Å². The molecular formula is C17H22BFN2O4. The smallest absolute Gasteiger partial charge is 0.405 e. The normalized spacial score (nSPS) is 11.3. The molecule has 0 unspecified atom stereocenters. The molecule has 1 heterocycles. The molecule has 0 spiro atoms. The van der Waals surface area contributed by atoms with E-state index in [9.17, 15) is 14.0 Å². The Balaban J connectivity index is 2.19. The maximum absolute atomic E-state index is 13.3. The van der Waals surface area contributed by atoms with Crippen LogP contribution in [0.2, 0.25) is 0 Å². The zero-order valence-electron chi connectivity index (χ0n) is 14.8. The maximum Gasteiger partial charge on any atom is 0.494 e. The molecule has 2 rings (SSSR count). The number of halogens is 1. The lowest BCUT2D eigenvalue weighted by Crippen LogP contribution is -2.40. The zero-order valence-corrected chi connectivity index (χ0v) is 14.8. The Morgan fingerprint density at radius 1 is 1.08 bits per heavy atom. The molecule has 0 saturated carbocycles. The Bertz CT molecular complexity index is 805. The Kier molecular flexibility index (Phi) is 6.33. The minimum Gasteiger partial charge on any atom is -0.405 e. The molecule has 6 nitrogen and oxygen atoms in total. The van der Waals surface area contributed by atoms with Gasteiger partial charge in [-0.2, -0.15) is 4.39 Å². The van der Waals surface area contributed by atoms with E-state index in [1.807, 2.05) is 56.9 Å². The van der Waals surface area contributed by atoms with E-state index in [1.165, 1.54) is 0 Å². The predicted molar refractivity (Wildman–Crippen MR) is 94.7 cm³/mol. The topological polar surface area (TPSA) is 73.3 Å². The molecule has 0 bridgehead atoms. The summed E-state index contributed by atoms with van der Waals surface area (Å²) in [5.74, 6) is -0.994. The first kappa shape index (κ1) is 19.1. The van der Waals surface area contributed by atoms with E-state index >= 15 is 0 Å². The van der Waals surface area contributed by atoms with E-state index in [1.54, 1.807) is 0 Å². The molecule has 0 aliphatic rings. The summed E-state index contributed by atoms with van der Waals surface area (Å²) in [6.45, 7) is 7.88. The molecular weight excluding hydrogens is 326 g/mol. The van der Waals surface area contributed by atoms with Gasteiger partial charge in [0.1, 0.15) is 0 Å². The molecule has 0 radical (unpaired) electrons. The Labute approximate surface area is 145 Å². The molecule has 0 aliphatic carbocycles. The number of hydrogen-bond donors (Lipinski definition) is 1. The highest BCUT2D eigenvalue weighted by molar-refractivity contribution is 6.61. The number of hydrogen-bond acceptors (Lipinski definition) is 4. The lowest BCUT2D eigenvalue weighted by atomic mass is 9.78. The first-order chi connectivity index (χ1) is 11.8. The van der Waals surface area contributed by atoms with Crippen molar-refractivity contribution in [3.8, 4) is 0 Å². The minimum absolute atomic E-state index is 0.00567. The summed E-state index contributed by atoms with van der Waals surface area (Å²) in [4.78, 5) is 24.7. The quantitative estimate of drug-likeness (QED) is 0.765. The van der Waals surface area contributed by atoms with Gasteiger partial charge in [-0.1, -0.05) is 24.3 Å². The van der Waals surface area contributed by atoms with Gasteiger partial charge in [-0.25, -0.2) is 4.79 Å². The molecule has 134 valence electrons. The first-order valence-electron chi connectivity index (χ1n) is 8.15. The molecule has 25 heavy (non-hydrogen) atoms. The van der Waals surface area contributed by atoms with Crippen molar-refractivity contribution >= 4 is 12.6 Å². The molecule has 0 saturated heterocycles. The van der Waals surface area contributed by atoms with Crippen LogP contribution in [-0.2, 0) is 15.9 Å². The first-order valence-corrected chi connectivity index (χ1v) is 8.15. The second-order valence-corrected chi connectivity index (χ2v) is 6.31. The average Bonchev–Trinajstić information content (AvgIpc) is 2.52. The summed E-state index contributed by atoms with van der Waals surface area (Å²) >= 11 is 0. The molecule has 2 aromatic rings. The van der Waals surface area contributed by atoms with Crippen LogP contribution >= 0.6 is 0 Å². The third kappa shape index (κ3) is 5.40. The number of benzene rings is 1. The Morgan fingerprint density at radius 2 is 1.64 bits per heavy atom. The SMILES string of the molecule is CC(C)OB(OC(C)C)c1ccc(Cn2cc(F)c(=O)[nH]c2=O)cc1. The van der Waals surface area contributed by atoms with Gasteiger partial charge in [-0.15, -0.1) is 0 Å². The third-order valence-electron chi connectivity index (χ3n) is 3.36. The van der Waals surface area contributed by atoms with Crippen molar-refractivity contribution in [1.82, 2.24) is 9.55 Å². The third-order valence-corrected chi connectivity index (χ3v) is 3.36. The summed E-state index contributed by atoms with van der Waals surface area (Å²) in [6.07, 6.45) is 0.916. The van der Waals surface area contributed by atoms with Crippen molar-refractivity contribution in [3.63, 3.8) is 0 Å². The lowest BCUT2D eigenvalue weighted by Gasteiger charge is -2.20. The highest BCUT2D eigenvalue weighted by Gasteiger charge is 2.24. The highest BCUT2D eigenvalue weighted by atomic mass is 19.1. The molecule has 0 atom stereocenters. The second kappa shape index (κ2) is 8.27. The summed E-state index contributed by atoms with van der Waals surface area (Å²) in [5.41, 5.74) is -0.0352. The van der Waals surface area contributed by atoms with Gasteiger partial charge in [0.05, 0.1) is 12.7 Å². The Hall–Kier alpha value is -2.19. The monoisotopic (exact) mass is 348 g/mol. The van der Waals surface area contributed by atoms with Crippen LogP contribution < -0.4 is 16.7 Å². The van der Waals surface area contributed by atoms with E-state index in [0.717, 1.165) is 21.8 Å². The summed E-state index contributed by atoms with van der Waals surface area (Å²) < 4.78 is 26.0. The van der Waals surface area contributed by atoms with Gasteiger partial charge in [0.2, 0.25) is 5.82 Å². The number of rotatable bonds is 7. The molecule has 8 heteroatoms. The number of nitrogens with zero attached hydrogens (tertiary/aromatic N) is 1. The van der Waals surface area contributed by atoms with Gasteiger partial charge in [-0.05, 0) is 38.7 Å². The number of aromatic amines is 1. The van der Waals surface area contributed by atoms with E-state index in [-0.39, 0.29) is 18.8 Å². The predicted octanol–water partition coefficient (Wildman–Crippen LogP) is 1.27. The summed E-state index contributed by atoms with van der Waals surface area (Å²) in [7, 11) is -0.484. The van der Waals surface area contributed by atoms with Gasteiger partial charge < -0.3 is 9.31 Å². The summed E-state index contributed by atoms with van der Waals surface area (Å²) in [5, 5.41) is 0. The van der Waals surface area contributed by atoms with Gasteiger partial charge in [0.25, 0.3) is 5.56 Å². The van der Waals surface area contributed by atoms with Gasteiger partial charge in [0.15, 0.2) is 0 Å². The molecule has 0 amide bonds. The second-order valence-electron chi connectivity index (χ2n) is 6.31. The highest BCUT2D eigenvalue weighted by Crippen LogP contribution is 2.05. The van der Waals surface area contributed by atoms with Crippen LogP contribution in [0.3, 0.4) is 0 Å². The fourth-order valence-corrected chi connectivity index (χ4v) is 2.26. The van der Waals surface area contributed by atoms with E-state index < -0.39 is 24.2 Å². The number of aromatic nitrogens is 2. The van der Waals surface area contributed by atoms with Crippen molar-refractivity contribution in [1.29, 1.82) is 0 Å². The van der Waals surface area contributed by atoms with Crippen molar-refractivity contribution in [2.75, 3.05) is 0 Å². The molecule has 1 N–H and O–H groups in total. The van der Waals surface area contributed by atoms with Crippen molar-refractivity contribution in [2.45, 2.75) is 46.4 Å². The van der Waals surface area contributed by atoms with Crippen LogP contribution in [0.25, 0.3) is 0 Å². The van der Waals surface area contributed by atoms with Crippen LogP contribution in [-0.4, -0.2) is 28.9 Å². The largest absolute Gasteiger partial charge is 0.494 e. The number of nitrogens with one attached hydrogen (secondary N) is 1. The zero-order chi connectivity index (χ0) is 18.6. The van der Waals surface area contributed by atoms with E-state index in [4.69, 9.17) is 9.31 Å². The van der Waals surface area contributed by atoms with Gasteiger partial charge in [-0.3, -0.25) is 14.3 Å². The molecule has 0 fully saturated rings. The van der Waals surface area contributed by atoms with Crippen LogP contribution in [0.1, 0.15) is 33.3 Å². The van der Waals surface area contributed by atoms with Crippen LogP contribution in [0, 0.1) is 5.82 Å². The van der Waals surface area contributed by atoms with Gasteiger partial charge >= 0.3 is 12.8 Å². The van der Waals surface area contributed by atoms with Gasteiger partial charge in [0, 0.05) is 12.2 Å². The summed E-state index contributed by atoms with van der Waals surface area (Å²) in [6, 6.07) is 7.31. The molecule has 1 aromatic carbocycles. The van der Waals surface area contributed by atoms with E-state index in [2.05, 4.69) is 0 Å². The van der Waals surface area contributed by atoms with Crippen LogP contribution in [0.5, 0.6) is 0 Å². The Morgan fingerprint density at radius 3 is 2.16 bits per heavy atom. The van der Waals surface area contributed by atoms with Crippen molar-refractivity contribution in [2.24, 2.45) is 0 Å². The fraction of sp³-hybridized carbons (Fsp3) is 0.412. The molecule has 0 aliphatic heterocycles. The number of H-pyrrole nitrogens is 1. The fourth-order valence-electron chi connectivity index (χ4n) is 2.26. The van der Waals surface area contributed by atoms with E-state index in [0.29, 0.717) is 0 Å². The maximum atomic E-state index is 13.3. The molecule has 1 aromatic heterocycles. The average molecular weight is 348 g/mol. The van der Waals surface area contributed by atoms with Crippen LogP contribution in [0.15, 0.2) is 40.1 Å².